The van der Waals surface area contributed by atoms with Crippen molar-refractivity contribution in [3.05, 3.63) is 11.6 Å². The van der Waals surface area contributed by atoms with Crippen LogP contribution < -0.4 is 6.15 Å². The van der Waals surface area contributed by atoms with Crippen LogP contribution in [0.2, 0.25) is 0 Å². The second-order valence-corrected chi connectivity index (χ2v) is 6.18. The van der Waals surface area contributed by atoms with E-state index in [0.29, 0.717) is 19.5 Å². The highest BCUT2D eigenvalue weighted by atomic mass is 16.4. The topological polar surface area (TPSA) is 95.8 Å². The number of nitrogens with zero attached hydrogens (tertiary/aromatic N) is 2. The van der Waals surface area contributed by atoms with Crippen LogP contribution in [0, 0.1) is 17.8 Å². The number of amides is 1. The first kappa shape index (κ1) is 17.7. The molecule has 2 aliphatic rings. The molecule has 1 saturated heterocycles. The van der Waals surface area contributed by atoms with E-state index in [1.54, 1.807) is 0 Å². The molecule has 1 heterocycles. The van der Waals surface area contributed by atoms with Gasteiger partial charge in [0.15, 0.2) is 0 Å². The van der Waals surface area contributed by atoms with E-state index in [-0.39, 0.29) is 18.0 Å². The smallest absolute Gasteiger partial charge is 0.307 e. The van der Waals surface area contributed by atoms with Crippen molar-refractivity contribution < 1.29 is 14.7 Å². The molecule has 1 aliphatic heterocycles. The van der Waals surface area contributed by atoms with Crippen molar-refractivity contribution in [3.63, 3.8) is 0 Å². The van der Waals surface area contributed by atoms with E-state index >= 15 is 0 Å². The first-order valence-corrected chi connectivity index (χ1v) is 7.27. The highest BCUT2D eigenvalue weighted by Crippen LogP contribution is 2.35. The zero-order valence-electron chi connectivity index (χ0n) is 13.2. The van der Waals surface area contributed by atoms with Crippen LogP contribution in [0.3, 0.4) is 0 Å². The maximum absolute atomic E-state index is 12.7. The summed E-state index contributed by atoms with van der Waals surface area (Å²) in [5.74, 6) is -1.91. The first-order chi connectivity index (χ1) is 9.40. The number of hydrogen-bond donors (Lipinski definition) is 2. The van der Waals surface area contributed by atoms with Crippen LogP contribution in [-0.2, 0) is 9.59 Å². The van der Waals surface area contributed by atoms with Crippen LogP contribution in [0.15, 0.2) is 11.6 Å². The Labute approximate surface area is 126 Å². The van der Waals surface area contributed by atoms with Gasteiger partial charge in [0.05, 0.1) is 11.8 Å². The van der Waals surface area contributed by atoms with E-state index < -0.39 is 17.8 Å². The van der Waals surface area contributed by atoms with Gasteiger partial charge in [-0.15, -0.1) is 0 Å². The van der Waals surface area contributed by atoms with Crippen LogP contribution in [0.25, 0.3) is 0 Å². The molecule has 1 fully saturated rings. The van der Waals surface area contributed by atoms with E-state index in [2.05, 4.69) is 4.90 Å². The van der Waals surface area contributed by atoms with Crippen LogP contribution >= 0.6 is 0 Å². The molecule has 21 heavy (non-hydrogen) atoms. The molecule has 6 nitrogen and oxygen atoms in total. The molecule has 3 atom stereocenters. The largest absolute Gasteiger partial charge is 0.481 e. The summed E-state index contributed by atoms with van der Waals surface area (Å²) < 4.78 is 0. The van der Waals surface area contributed by atoms with Gasteiger partial charge in [-0.3, -0.25) is 9.59 Å². The fourth-order valence-electron chi connectivity index (χ4n) is 3.36. The number of piperazine rings is 1. The maximum atomic E-state index is 12.7. The summed E-state index contributed by atoms with van der Waals surface area (Å²) in [5, 5.41) is 9.45. The third-order valence-electron chi connectivity index (χ3n) is 4.51. The fraction of sp³-hybridized carbons (Fsp3) is 0.733. The molecule has 0 spiro atoms. The summed E-state index contributed by atoms with van der Waals surface area (Å²) in [4.78, 5) is 28.2. The summed E-state index contributed by atoms with van der Waals surface area (Å²) >= 11 is 0. The molecule has 1 amide bonds. The number of hydrogen-bond acceptors (Lipinski definition) is 4. The number of carbonyl (C=O) groups excluding carboxylic acids is 1. The van der Waals surface area contributed by atoms with Gasteiger partial charge in [0.25, 0.3) is 0 Å². The van der Waals surface area contributed by atoms with Gasteiger partial charge in [0.1, 0.15) is 0 Å². The Bertz CT molecular complexity index is 428. The van der Waals surface area contributed by atoms with Crippen molar-refractivity contribution in [2.75, 3.05) is 33.2 Å². The zero-order chi connectivity index (χ0) is 14.9. The molecule has 4 N–H and O–H groups in total. The molecular formula is C15H27N3O3. The van der Waals surface area contributed by atoms with Crippen molar-refractivity contribution in [2.24, 2.45) is 17.8 Å². The Morgan fingerprint density at radius 3 is 2.33 bits per heavy atom. The lowest BCUT2D eigenvalue weighted by molar-refractivity contribution is -0.153. The standard InChI is InChI=1S/C15H24N2O3.H3N/c1-10-8-11(2)13(15(19)20)12(9-10)14(18)17-6-4-16(3)5-7-17;/h8,11-13H,4-7,9H2,1-3H3,(H,19,20);1H3. The molecule has 1 aliphatic carbocycles. The second-order valence-electron chi connectivity index (χ2n) is 6.18. The van der Waals surface area contributed by atoms with Gasteiger partial charge in [-0.25, -0.2) is 0 Å². The van der Waals surface area contributed by atoms with E-state index in [0.717, 1.165) is 18.7 Å². The molecule has 0 aromatic rings. The summed E-state index contributed by atoms with van der Waals surface area (Å²) in [7, 11) is 2.04. The lowest BCUT2D eigenvalue weighted by Gasteiger charge is -2.38. The minimum absolute atomic E-state index is 0. The third kappa shape index (κ3) is 3.83. The number of carboxylic acids is 1. The van der Waals surface area contributed by atoms with Crippen molar-refractivity contribution in [3.8, 4) is 0 Å². The minimum atomic E-state index is -0.853. The van der Waals surface area contributed by atoms with E-state index in [9.17, 15) is 14.7 Å². The van der Waals surface area contributed by atoms with Gasteiger partial charge in [-0.2, -0.15) is 0 Å². The average molecular weight is 297 g/mol. The SMILES string of the molecule is CC1=CC(C)C(C(=O)O)C(C(=O)N2CCN(C)CC2)C1.N. The normalized spacial score (nSPS) is 30.3. The molecule has 0 saturated carbocycles. The van der Waals surface area contributed by atoms with E-state index in [1.165, 1.54) is 0 Å². The maximum Gasteiger partial charge on any atom is 0.307 e. The summed E-state index contributed by atoms with van der Waals surface area (Å²) in [6.07, 6.45) is 2.57. The molecule has 0 bridgehead atoms. The molecule has 120 valence electrons. The molecule has 0 radical (unpaired) electrons. The Kier molecular flexibility index (Phi) is 5.92. The lowest BCUT2D eigenvalue weighted by atomic mass is 9.73. The van der Waals surface area contributed by atoms with E-state index in [4.69, 9.17) is 0 Å². The molecule has 3 unspecified atom stereocenters. The van der Waals surface area contributed by atoms with Gasteiger partial charge in [-0.05, 0) is 26.3 Å². The summed E-state index contributed by atoms with van der Waals surface area (Å²) in [6.45, 7) is 7.01. The summed E-state index contributed by atoms with van der Waals surface area (Å²) in [5.41, 5.74) is 1.13. The number of rotatable bonds is 2. The Morgan fingerprint density at radius 1 is 1.24 bits per heavy atom. The van der Waals surface area contributed by atoms with Gasteiger partial charge >= 0.3 is 5.97 Å². The van der Waals surface area contributed by atoms with Crippen molar-refractivity contribution >= 4 is 11.9 Å². The quantitative estimate of drug-likeness (QED) is 0.747. The fourth-order valence-corrected chi connectivity index (χ4v) is 3.36. The average Bonchev–Trinajstić information content (AvgIpc) is 2.37. The predicted octanol–water partition coefficient (Wildman–Crippen LogP) is 1.23. The molecule has 6 heteroatoms. The highest BCUT2D eigenvalue weighted by Gasteiger charge is 2.41. The molecular weight excluding hydrogens is 270 g/mol. The van der Waals surface area contributed by atoms with Crippen LogP contribution in [0.4, 0.5) is 0 Å². The third-order valence-corrected chi connectivity index (χ3v) is 4.51. The molecule has 2 rings (SSSR count). The van der Waals surface area contributed by atoms with Gasteiger partial charge in [0.2, 0.25) is 5.91 Å². The first-order valence-electron chi connectivity index (χ1n) is 7.27. The van der Waals surface area contributed by atoms with Crippen molar-refractivity contribution in [2.45, 2.75) is 20.3 Å². The van der Waals surface area contributed by atoms with E-state index in [1.807, 2.05) is 31.9 Å². The van der Waals surface area contributed by atoms with Gasteiger partial charge < -0.3 is 21.1 Å². The number of allylic oxidation sites excluding steroid dienone is 2. The van der Waals surface area contributed by atoms with Crippen LogP contribution in [-0.4, -0.2) is 60.0 Å². The number of aliphatic carboxylic acids is 1. The predicted molar refractivity (Wildman–Crippen MR) is 81.3 cm³/mol. The monoisotopic (exact) mass is 297 g/mol. The molecule has 0 aromatic heterocycles. The Hall–Kier alpha value is -1.40. The number of carboxylic acid groups (broad SMARTS) is 1. The minimum Gasteiger partial charge on any atom is -0.481 e. The van der Waals surface area contributed by atoms with Crippen molar-refractivity contribution in [1.29, 1.82) is 0 Å². The number of carbonyl (C=O) groups is 2. The van der Waals surface area contributed by atoms with Crippen LogP contribution in [0.1, 0.15) is 20.3 Å². The summed E-state index contributed by atoms with van der Waals surface area (Å²) in [6, 6.07) is 0. The highest BCUT2D eigenvalue weighted by molar-refractivity contribution is 5.85. The zero-order valence-corrected chi connectivity index (χ0v) is 13.2. The van der Waals surface area contributed by atoms with Gasteiger partial charge in [-0.1, -0.05) is 18.6 Å². The Balaban J connectivity index is 0.00000220. The van der Waals surface area contributed by atoms with Crippen molar-refractivity contribution in [1.82, 2.24) is 16.0 Å². The molecule has 0 aromatic carbocycles. The second kappa shape index (κ2) is 7.04. The Morgan fingerprint density at radius 2 is 1.81 bits per heavy atom. The van der Waals surface area contributed by atoms with Gasteiger partial charge in [0, 0.05) is 26.2 Å². The lowest BCUT2D eigenvalue weighted by Crippen LogP contribution is -2.51. The number of likely N-dealkylation sites (N-methyl/N-ethyl adjacent to an activating group) is 1. The van der Waals surface area contributed by atoms with Crippen LogP contribution in [0.5, 0.6) is 0 Å².